The van der Waals surface area contributed by atoms with Crippen molar-refractivity contribution < 1.29 is 4.79 Å². The molecule has 4 rings (SSSR count). The SMILES string of the molecule is CN(C)[C@H]1CCN(Cc2cnc(-c3ccc(C(=O)Nc4ccccc4N)cc3)c(C#N)c2)C1.S. The van der Waals surface area contributed by atoms with E-state index in [2.05, 4.69) is 40.3 Å². The second kappa shape index (κ2) is 11.2. The minimum absolute atomic E-state index is 0. The van der Waals surface area contributed by atoms with Crippen molar-refractivity contribution in [2.75, 3.05) is 38.2 Å². The molecular formula is C26H30N6OS. The molecule has 3 N–H and O–H groups in total. The number of carbonyl (C=O) groups is 1. The van der Waals surface area contributed by atoms with Crippen molar-refractivity contribution in [2.24, 2.45) is 0 Å². The number of hydrogen-bond donors (Lipinski definition) is 2. The van der Waals surface area contributed by atoms with E-state index in [0.717, 1.165) is 37.2 Å². The minimum Gasteiger partial charge on any atom is -0.397 e. The van der Waals surface area contributed by atoms with Crippen LogP contribution >= 0.6 is 13.5 Å². The summed E-state index contributed by atoms with van der Waals surface area (Å²) in [4.78, 5) is 21.8. The molecule has 0 aliphatic carbocycles. The Kier molecular flexibility index (Phi) is 8.29. The summed E-state index contributed by atoms with van der Waals surface area (Å²) in [6.45, 7) is 2.85. The first-order valence-corrected chi connectivity index (χ1v) is 11.0. The number of nitriles is 1. The van der Waals surface area contributed by atoms with Gasteiger partial charge in [0.15, 0.2) is 0 Å². The predicted octanol–water partition coefficient (Wildman–Crippen LogP) is 3.70. The maximum atomic E-state index is 12.6. The number of nitrogens with one attached hydrogen (secondary N) is 1. The molecular weight excluding hydrogens is 444 g/mol. The van der Waals surface area contributed by atoms with Crippen molar-refractivity contribution in [2.45, 2.75) is 19.0 Å². The number of amides is 1. The average molecular weight is 475 g/mol. The van der Waals surface area contributed by atoms with Crippen LogP contribution in [0.1, 0.15) is 27.9 Å². The fraction of sp³-hybridized carbons (Fsp3) is 0.269. The Hall–Kier alpha value is -3.38. The Morgan fingerprint density at radius 1 is 1.24 bits per heavy atom. The van der Waals surface area contributed by atoms with Crippen molar-refractivity contribution in [3.63, 3.8) is 0 Å². The number of hydrogen-bond acceptors (Lipinski definition) is 6. The Bertz CT molecular complexity index is 1190. The highest BCUT2D eigenvalue weighted by Crippen LogP contribution is 2.25. The number of nitrogen functional groups attached to an aromatic ring is 1. The van der Waals surface area contributed by atoms with Crippen LogP contribution in [-0.4, -0.2) is 53.9 Å². The van der Waals surface area contributed by atoms with Gasteiger partial charge in [-0.15, -0.1) is 0 Å². The average Bonchev–Trinajstić information content (AvgIpc) is 3.29. The van der Waals surface area contributed by atoms with E-state index in [1.165, 1.54) is 0 Å². The van der Waals surface area contributed by atoms with E-state index >= 15 is 0 Å². The monoisotopic (exact) mass is 474 g/mol. The van der Waals surface area contributed by atoms with Crippen LogP contribution in [0.15, 0.2) is 60.8 Å². The molecule has 1 aliphatic heterocycles. The normalized spacial score (nSPS) is 15.5. The number of aromatic nitrogens is 1. The number of nitrogens with two attached hydrogens (primary N) is 1. The van der Waals surface area contributed by atoms with Crippen LogP contribution in [0.3, 0.4) is 0 Å². The summed E-state index contributed by atoms with van der Waals surface area (Å²) in [5.41, 5.74) is 10.5. The molecule has 2 aromatic carbocycles. The molecule has 0 bridgehead atoms. The summed E-state index contributed by atoms with van der Waals surface area (Å²) in [6, 6.07) is 19.0. The standard InChI is InChI=1S/C26H28N6O.H2S/c1-31(2)22-11-12-32(17-22)16-18-13-21(14-27)25(29-15-18)19-7-9-20(10-8-19)26(33)30-24-6-4-3-5-23(24)28;/h3-10,13,15,22H,11-12,16-17,28H2,1-2H3,(H,30,33);1H2/t22-;/m0./s1. The second-order valence-electron chi connectivity index (χ2n) is 8.61. The van der Waals surface area contributed by atoms with Crippen LogP contribution in [0.5, 0.6) is 0 Å². The van der Waals surface area contributed by atoms with Gasteiger partial charge >= 0.3 is 0 Å². The summed E-state index contributed by atoms with van der Waals surface area (Å²) >= 11 is 0. The predicted molar refractivity (Wildman–Crippen MR) is 141 cm³/mol. The summed E-state index contributed by atoms with van der Waals surface area (Å²) in [7, 11) is 4.23. The molecule has 176 valence electrons. The largest absolute Gasteiger partial charge is 0.397 e. The maximum Gasteiger partial charge on any atom is 0.255 e. The molecule has 1 amide bonds. The molecule has 1 aliphatic rings. The first kappa shape index (κ1) is 25.2. The number of carbonyl (C=O) groups excluding carboxylic acids is 1. The first-order chi connectivity index (χ1) is 15.9. The lowest BCUT2D eigenvalue weighted by Crippen LogP contribution is -2.31. The third kappa shape index (κ3) is 5.75. The van der Waals surface area contributed by atoms with Gasteiger partial charge in [-0.05, 0) is 56.4 Å². The zero-order chi connectivity index (χ0) is 23.4. The zero-order valence-electron chi connectivity index (χ0n) is 19.5. The summed E-state index contributed by atoms with van der Waals surface area (Å²) in [5, 5.41) is 12.5. The molecule has 0 radical (unpaired) electrons. The van der Waals surface area contributed by atoms with Gasteiger partial charge in [-0.2, -0.15) is 18.8 Å². The topological polar surface area (TPSA) is 98.3 Å². The molecule has 0 spiro atoms. The van der Waals surface area contributed by atoms with Crippen molar-refractivity contribution in [1.29, 1.82) is 5.26 Å². The van der Waals surface area contributed by atoms with Gasteiger partial charge in [0, 0.05) is 43.0 Å². The number of anilines is 2. The zero-order valence-corrected chi connectivity index (χ0v) is 20.5. The van der Waals surface area contributed by atoms with Crippen molar-refractivity contribution in [1.82, 2.24) is 14.8 Å². The molecule has 1 saturated heterocycles. The third-order valence-corrected chi connectivity index (χ3v) is 6.08. The van der Waals surface area contributed by atoms with E-state index in [1.807, 2.05) is 36.5 Å². The lowest BCUT2D eigenvalue weighted by atomic mass is 10.0. The Morgan fingerprint density at radius 3 is 2.62 bits per heavy atom. The van der Waals surface area contributed by atoms with Gasteiger partial charge in [-0.1, -0.05) is 24.3 Å². The molecule has 0 unspecified atom stereocenters. The molecule has 2 heterocycles. The van der Waals surface area contributed by atoms with Gasteiger partial charge < -0.3 is 16.0 Å². The van der Waals surface area contributed by atoms with E-state index in [0.29, 0.717) is 34.2 Å². The number of pyridine rings is 1. The summed E-state index contributed by atoms with van der Waals surface area (Å²) in [5.74, 6) is -0.245. The lowest BCUT2D eigenvalue weighted by molar-refractivity contribution is 0.102. The molecule has 8 heteroatoms. The van der Waals surface area contributed by atoms with Crippen molar-refractivity contribution >= 4 is 30.8 Å². The van der Waals surface area contributed by atoms with Crippen molar-refractivity contribution in [3.8, 4) is 17.3 Å². The second-order valence-corrected chi connectivity index (χ2v) is 8.61. The van der Waals surface area contributed by atoms with Crippen molar-refractivity contribution in [3.05, 3.63) is 77.5 Å². The van der Waals surface area contributed by atoms with Crippen LogP contribution in [0, 0.1) is 11.3 Å². The molecule has 1 atom stereocenters. The first-order valence-electron chi connectivity index (χ1n) is 11.0. The highest BCUT2D eigenvalue weighted by molar-refractivity contribution is 7.59. The molecule has 34 heavy (non-hydrogen) atoms. The number of rotatable bonds is 6. The van der Waals surface area contributed by atoms with E-state index < -0.39 is 0 Å². The molecule has 1 fully saturated rings. The highest BCUT2D eigenvalue weighted by atomic mass is 32.1. The molecule has 0 saturated carbocycles. The van der Waals surface area contributed by atoms with Crippen LogP contribution in [-0.2, 0) is 6.54 Å². The van der Waals surface area contributed by atoms with Gasteiger partial charge in [0.1, 0.15) is 6.07 Å². The van der Waals surface area contributed by atoms with Gasteiger partial charge in [0.05, 0.1) is 22.6 Å². The van der Waals surface area contributed by atoms with Crippen LogP contribution in [0.4, 0.5) is 11.4 Å². The van der Waals surface area contributed by atoms with E-state index in [-0.39, 0.29) is 19.4 Å². The van der Waals surface area contributed by atoms with Gasteiger partial charge in [-0.3, -0.25) is 14.7 Å². The number of benzene rings is 2. The Labute approximate surface area is 207 Å². The summed E-state index contributed by atoms with van der Waals surface area (Å²) < 4.78 is 0. The molecule has 1 aromatic heterocycles. The number of likely N-dealkylation sites (N-methyl/N-ethyl adjacent to an activating group) is 1. The lowest BCUT2D eigenvalue weighted by Gasteiger charge is -2.20. The third-order valence-electron chi connectivity index (χ3n) is 6.08. The fourth-order valence-corrected chi connectivity index (χ4v) is 4.13. The van der Waals surface area contributed by atoms with Gasteiger partial charge in [0.25, 0.3) is 5.91 Å². The van der Waals surface area contributed by atoms with Crippen LogP contribution in [0.25, 0.3) is 11.3 Å². The van der Waals surface area contributed by atoms with E-state index in [9.17, 15) is 10.1 Å². The maximum absolute atomic E-state index is 12.6. The number of para-hydroxylation sites is 2. The Morgan fingerprint density at radius 2 is 1.97 bits per heavy atom. The Balaban J connectivity index is 0.00000324. The highest BCUT2D eigenvalue weighted by Gasteiger charge is 2.24. The van der Waals surface area contributed by atoms with Gasteiger partial charge in [0.2, 0.25) is 0 Å². The number of nitrogens with zero attached hydrogens (tertiary/aromatic N) is 4. The summed E-state index contributed by atoms with van der Waals surface area (Å²) in [6.07, 6.45) is 3.00. The van der Waals surface area contributed by atoms with Crippen LogP contribution in [0.2, 0.25) is 0 Å². The quantitative estimate of drug-likeness (QED) is 0.529. The fourth-order valence-electron chi connectivity index (χ4n) is 4.13. The van der Waals surface area contributed by atoms with Gasteiger partial charge in [-0.25, -0.2) is 0 Å². The smallest absolute Gasteiger partial charge is 0.255 e. The van der Waals surface area contributed by atoms with E-state index in [1.54, 1.807) is 24.3 Å². The number of likely N-dealkylation sites (tertiary alicyclic amines) is 1. The molecule has 7 nitrogen and oxygen atoms in total. The van der Waals surface area contributed by atoms with E-state index in [4.69, 9.17) is 5.73 Å². The molecule has 3 aromatic rings. The minimum atomic E-state index is -0.245. The van der Waals surface area contributed by atoms with Crippen LogP contribution < -0.4 is 11.1 Å².